The van der Waals surface area contributed by atoms with Crippen molar-refractivity contribution in [2.75, 3.05) is 6.54 Å². The Bertz CT molecular complexity index is 275. The van der Waals surface area contributed by atoms with Crippen LogP contribution in [0.4, 0.5) is 0 Å². The maximum atomic E-state index is 12.0. The smallest absolute Gasteiger partial charge is 0.223 e. The van der Waals surface area contributed by atoms with Crippen LogP contribution in [0.1, 0.15) is 59.3 Å². The highest BCUT2D eigenvalue weighted by Gasteiger charge is 2.28. The molecule has 1 aliphatic heterocycles. The van der Waals surface area contributed by atoms with E-state index in [4.69, 9.17) is 0 Å². The van der Waals surface area contributed by atoms with E-state index in [0.29, 0.717) is 18.8 Å². The lowest BCUT2D eigenvalue weighted by atomic mass is 9.96. The van der Waals surface area contributed by atoms with Crippen LogP contribution in [-0.4, -0.2) is 29.2 Å². The van der Waals surface area contributed by atoms with Gasteiger partial charge in [-0.2, -0.15) is 0 Å². The molecule has 17 heavy (non-hydrogen) atoms. The average molecular weight is 239 g/mol. The molecule has 0 spiro atoms. The van der Waals surface area contributed by atoms with E-state index < -0.39 is 0 Å². The molecule has 1 saturated heterocycles. The number of carbonyl (C=O) groups excluding carboxylic acids is 2. The summed E-state index contributed by atoms with van der Waals surface area (Å²) in [6, 6.07) is -0.229. The van der Waals surface area contributed by atoms with Crippen molar-refractivity contribution in [3.05, 3.63) is 0 Å². The molecule has 3 nitrogen and oxygen atoms in total. The number of Topliss-reactive ketones (excluding diaryl/α,β-unsaturated/α-hetero) is 1. The summed E-state index contributed by atoms with van der Waals surface area (Å²) in [6.07, 6.45) is 5.58. The van der Waals surface area contributed by atoms with Gasteiger partial charge in [-0.25, -0.2) is 0 Å². The van der Waals surface area contributed by atoms with Crippen molar-refractivity contribution >= 4 is 11.7 Å². The number of nitrogens with zero attached hydrogens (tertiary/aromatic N) is 1. The molecule has 98 valence electrons. The highest BCUT2D eigenvalue weighted by atomic mass is 16.2. The fourth-order valence-corrected chi connectivity index (χ4v) is 2.64. The Labute approximate surface area is 105 Å². The van der Waals surface area contributed by atoms with Crippen LogP contribution < -0.4 is 0 Å². The average Bonchev–Trinajstić information content (AvgIpc) is 2.51. The number of hydrogen-bond donors (Lipinski definition) is 0. The summed E-state index contributed by atoms with van der Waals surface area (Å²) in [6.45, 7) is 6.68. The first-order chi connectivity index (χ1) is 8.10. The molecule has 1 aliphatic rings. The largest absolute Gasteiger partial charge is 0.333 e. The summed E-state index contributed by atoms with van der Waals surface area (Å²) >= 11 is 0. The van der Waals surface area contributed by atoms with Gasteiger partial charge in [-0.15, -0.1) is 0 Å². The Morgan fingerprint density at radius 2 is 2.12 bits per heavy atom. The fourth-order valence-electron chi connectivity index (χ4n) is 2.64. The van der Waals surface area contributed by atoms with Crippen LogP contribution in [-0.2, 0) is 9.59 Å². The third kappa shape index (κ3) is 3.83. The lowest BCUT2D eigenvalue weighted by Crippen LogP contribution is -2.42. The molecule has 1 fully saturated rings. The zero-order chi connectivity index (χ0) is 12.8. The lowest BCUT2D eigenvalue weighted by Gasteiger charge is -2.26. The Kier molecular flexibility index (Phi) is 5.66. The van der Waals surface area contributed by atoms with Crippen molar-refractivity contribution in [3.63, 3.8) is 0 Å². The predicted octanol–water partition coefficient (Wildman–Crippen LogP) is 2.78. The van der Waals surface area contributed by atoms with E-state index in [9.17, 15) is 9.59 Å². The standard InChI is InChI=1S/C14H25NO2/c1-4-6-12-7-8-14(17)15(10-9-12)11(3)13(16)5-2/h11-12H,4-10H2,1-3H3. The minimum atomic E-state index is -0.229. The third-order valence-electron chi connectivity index (χ3n) is 3.84. The number of ketones is 1. The molecular weight excluding hydrogens is 214 g/mol. The topological polar surface area (TPSA) is 37.4 Å². The van der Waals surface area contributed by atoms with Crippen molar-refractivity contribution in [2.24, 2.45) is 5.92 Å². The fraction of sp³-hybridized carbons (Fsp3) is 0.857. The van der Waals surface area contributed by atoms with E-state index >= 15 is 0 Å². The van der Waals surface area contributed by atoms with Gasteiger partial charge in [0, 0.05) is 19.4 Å². The minimum Gasteiger partial charge on any atom is -0.333 e. The van der Waals surface area contributed by atoms with Gasteiger partial charge in [0.15, 0.2) is 5.78 Å². The highest BCUT2D eigenvalue weighted by Crippen LogP contribution is 2.24. The van der Waals surface area contributed by atoms with E-state index in [0.717, 1.165) is 19.4 Å². The van der Waals surface area contributed by atoms with Gasteiger partial charge in [0.2, 0.25) is 5.91 Å². The van der Waals surface area contributed by atoms with E-state index in [-0.39, 0.29) is 17.7 Å². The molecular formula is C14H25NO2. The highest BCUT2D eigenvalue weighted by molar-refractivity contribution is 5.88. The van der Waals surface area contributed by atoms with E-state index in [2.05, 4.69) is 6.92 Å². The number of likely N-dealkylation sites (tertiary alicyclic amines) is 1. The molecule has 0 aliphatic carbocycles. The van der Waals surface area contributed by atoms with Crippen molar-refractivity contribution in [1.82, 2.24) is 4.90 Å². The van der Waals surface area contributed by atoms with Crippen molar-refractivity contribution < 1.29 is 9.59 Å². The number of amides is 1. The SMILES string of the molecule is CCCC1CCC(=O)N(C(C)C(=O)CC)CC1. The normalized spacial score (nSPS) is 23.4. The maximum absolute atomic E-state index is 12.0. The van der Waals surface area contributed by atoms with Crippen LogP contribution in [0.3, 0.4) is 0 Å². The first kappa shape index (κ1) is 14.2. The molecule has 1 heterocycles. The molecule has 0 saturated carbocycles. The van der Waals surface area contributed by atoms with Gasteiger partial charge in [-0.1, -0.05) is 26.7 Å². The van der Waals surface area contributed by atoms with Crippen LogP contribution >= 0.6 is 0 Å². The Balaban J connectivity index is 2.61. The minimum absolute atomic E-state index is 0.165. The summed E-state index contributed by atoms with van der Waals surface area (Å²) < 4.78 is 0. The van der Waals surface area contributed by atoms with Crippen molar-refractivity contribution in [1.29, 1.82) is 0 Å². The van der Waals surface area contributed by atoms with Crippen molar-refractivity contribution in [3.8, 4) is 0 Å². The summed E-state index contributed by atoms with van der Waals surface area (Å²) in [7, 11) is 0. The quantitative estimate of drug-likeness (QED) is 0.740. The molecule has 0 bridgehead atoms. The molecule has 1 amide bonds. The number of hydrogen-bond acceptors (Lipinski definition) is 2. The zero-order valence-electron chi connectivity index (χ0n) is 11.4. The molecule has 3 heteroatoms. The van der Waals surface area contributed by atoms with Crippen LogP contribution in [0.25, 0.3) is 0 Å². The first-order valence-corrected chi connectivity index (χ1v) is 6.92. The van der Waals surface area contributed by atoms with Gasteiger partial charge < -0.3 is 4.90 Å². The zero-order valence-corrected chi connectivity index (χ0v) is 11.4. The first-order valence-electron chi connectivity index (χ1n) is 6.92. The third-order valence-corrected chi connectivity index (χ3v) is 3.84. The molecule has 2 unspecified atom stereocenters. The van der Waals surface area contributed by atoms with E-state index in [1.54, 1.807) is 4.90 Å². The summed E-state index contributed by atoms with van der Waals surface area (Å²) in [5, 5.41) is 0. The Morgan fingerprint density at radius 1 is 1.41 bits per heavy atom. The van der Waals surface area contributed by atoms with E-state index in [1.165, 1.54) is 12.8 Å². The maximum Gasteiger partial charge on any atom is 0.223 e. The Hall–Kier alpha value is -0.860. The van der Waals surface area contributed by atoms with Gasteiger partial charge in [0.25, 0.3) is 0 Å². The lowest BCUT2D eigenvalue weighted by molar-refractivity contribution is -0.138. The van der Waals surface area contributed by atoms with Gasteiger partial charge >= 0.3 is 0 Å². The monoisotopic (exact) mass is 239 g/mol. The molecule has 0 radical (unpaired) electrons. The van der Waals surface area contributed by atoms with Crippen molar-refractivity contribution in [2.45, 2.75) is 65.3 Å². The van der Waals surface area contributed by atoms with Gasteiger partial charge in [0.05, 0.1) is 6.04 Å². The second-order valence-corrected chi connectivity index (χ2v) is 5.07. The van der Waals surface area contributed by atoms with E-state index in [1.807, 2.05) is 13.8 Å². The second kappa shape index (κ2) is 6.77. The van der Waals surface area contributed by atoms with Crippen LogP contribution in [0.5, 0.6) is 0 Å². The summed E-state index contributed by atoms with van der Waals surface area (Å²) in [5.41, 5.74) is 0. The van der Waals surface area contributed by atoms with Crippen LogP contribution in [0, 0.1) is 5.92 Å². The second-order valence-electron chi connectivity index (χ2n) is 5.07. The number of carbonyl (C=O) groups is 2. The number of rotatable bonds is 5. The molecule has 0 N–H and O–H groups in total. The molecule has 0 aromatic rings. The van der Waals surface area contributed by atoms with Gasteiger partial charge in [0.1, 0.15) is 0 Å². The van der Waals surface area contributed by atoms with Gasteiger partial charge in [-0.05, 0) is 25.7 Å². The van der Waals surface area contributed by atoms with Crippen LogP contribution in [0.2, 0.25) is 0 Å². The van der Waals surface area contributed by atoms with Gasteiger partial charge in [-0.3, -0.25) is 9.59 Å². The summed E-state index contributed by atoms with van der Waals surface area (Å²) in [4.78, 5) is 25.5. The predicted molar refractivity (Wildman–Crippen MR) is 68.7 cm³/mol. The molecule has 1 rings (SSSR count). The summed E-state index contributed by atoms with van der Waals surface area (Å²) in [5.74, 6) is 1.00. The van der Waals surface area contributed by atoms with Crippen LogP contribution in [0.15, 0.2) is 0 Å². The molecule has 0 aromatic carbocycles. The Morgan fingerprint density at radius 3 is 2.71 bits per heavy atom. The molecule has 0 aromatic heterocycles. The molecule has 2 atom stereocenters.